The molecule has 0 aliphatic rings. The van der Waals surface area contributed by atoms with Crippen molar-refractivity contribution >= 4 is 18.1 Å². The van der Waals surface area contributed by atoms with E-state index >= 15 is 0 Å². The minimum Gasteiger partial charge on any atom is -0.508 e. The first-order valence-electron chi connectivity index (χ1n) is 7.12. The SMILES string of the molecule is CCCC(=O)O.Oc1ccc(C=Cc2cc(O)cc(O)c2)cc1. The Morgan fingerprint density at radius 2 is 1.39 bits per heavy atom. The molecule has 2 aromatic carbocycles. The van der Waals surface area contributed by atoms with Crippen LogP contribution < -0.4 is 0 Å². The smallest absolute Gasteiger partial charge is 0.303 e. The largest absolute Gasteiger partial charge is 0.508 e. The van der Waals surface area contributed by atoms with E-state index in [0.717, 1.165) is 12.0 Å². The molecule has 5 nitrogen and oxygen atoms in total. The van der Waals surface area contributed by atoms with Crippen LogP contribution in [0, 0.1) is 0 Å². The summed E-state index contributed by atoms with van der Waals surface area (Å²) in [5, 5.41) is 35.6. The number of hydrogen-bond acceptors (Lipinski definition) is 4. The van der Waals surface area contributed by atoms with Crippen molar-refractivity contribution in [3.63, 3.8) is 0 Å². The van der Waals surface area contributed by atoms with Crippen molar-refractivity contribution in [2.45, 2.75) is 19.8 Å². The maximum Gasteiger partial charge on any atom is 0.303 e. The van der Waals surface area contributed by atoms with Gasteiger partial charge in [0.05, 0.1) is 0 Å². The van der Waals surface area contributed by atoms with Gasteiger partial charge in [-0.3, -0.25) is 4.79 Å². The van der Waals surface area contributed by atoms with Crippen LogP contribution in [0.1, 0.15) is 30.9 Å². The second-order valence-electron chi connectivity index (χ2n) is 4.85. The fourth-order valence-corrected chi connectivity index (χ4v) is 1.71. The van der Waals surface area contributed by atoms with E-state index in [1.54, 1.807) is 42.5 Å². The summed E-state index contributed by atoms with van der Waals surface area (Å²) < 4.78 is 0. The summed E-state index contributed by atoms with van der Waals surface area (Å²) in [6.07, 6.45) is 4.62. The summed E-state index contributed by atoms with van der Waals surface area (Å²) in [6.45, 7) is 1.84. The van der Waals surface area contributed by atoms with Gasteiger partial charge in [-0.25, -0.2) is 0 Å². The van der Waals surface area contributed by atoms with Gasteiger partial charge in [0.25, 0.3) is 0 Å². The topological polar surface area (TPSA) is 98.0 Å². The Hall–Kier alpha value is -2.95. The molecule has 0 spiro atoms. The van der Waals surface area contributed by atoms with Crippen molar-refractivity contribution in [1.29, 1.82) is 0 Å². The summed E-state index contributed by atoms with van der Waals surface area (Å²) in [4.78, 5) is 9.60. The van der Waals surface area contributed by atoms with Gasteiger partial charge in [0.15, 0.2) is 0 Å². The molecule has 0 heterocycles. The third-order valence-electron chi connectivity index (χ3n) is 2.75. The van der Waals surface area contributed by atoms with Crippen LogP contribution in [0.2, 0.25) is 0 Å². The third-order valence-corrected chi connectivity index (χ3v) is 2.75. The molecule has 0 aliphatic carbocycles. The zero-order chi connectivity index (χ0) is 17.2. The molecule has 0 amide bonds. The van der Waals surface area contributed by atoms with Gasteiger partial charge < -0.3 is 20.4 Å². The lowest BCUT2D eigenvalue weighted by molar-refractivity contribution is -0.137. The number of aromatic hydroxyl groups is 3. The molecule has 0 saturated carbocycles. The molecule has 0 aromatic heterocycles. The number of phenols is 3. The lowest BCUT2D eigenvalue weighted by atomic mass is 10.1. The van der Waals surface area contributed by atoms with E-state index in [1.165, 1.54) is 6.07 Å². The lowest BCUT2D eigenvalue weighted by Crippen LogP contribution is -1.90. The summed E-state index contributed by atoms with van der Waals surface area (Å²) >= 11 is 0. The predicted octanol–water partition coefficient (Wildman–Crippen LogP) is 3.84. The molecule has 2 rings (SSSR count). The molecule has 0 saturated heterocycles. The zero-order valence-electron chi connectivity index (χ0n) is 12.8. The van der Waals surface area contributed by atoms with Crippen molar-refractivity contribution in [2.75, 3.05) is 0 Å². The number of phenolic OH excluding ortho intramolecular Hbond substituents is 3. The molecular weight excluding hydrogens is 296 g/mol. The standard InChI is InChI=1S/C14H12O3.C4H8O2/c15-12-5-3-10(4-6-12)1-2-11-7-13(16)9-14(17)8-11;1-2-3-4(5)6/h1-9,15-17H;2-3H2,1H3,(H,5,6). The Morgan fingerprint density at radius 1 is 0.870 bits per heavy atom. The molecule has 0 aliphatic heterocycles. The van der Waals surface area contributed by atoms with Gasteiger partial charge in [-0.15, -0.1) is 0 Å². The molecule has 23 heavy (non-hydrogen) atoms. The summed E-state index contributed by atoms with van der Waals surface area (Å²) in [6, 6.07) is 11.1. The number of hydrogen-bond donors (Lipinski definition) is 4. The van der Waals surface area contributed by atoms with Gasteiger partial charge in [-0.2, -0.15) is 0 Å². The van der Waals surface area contributed by atoms with Crippen molar-refractivity contribution in [3.05, 3.63) is 53.6 Å². The Morgan fingerprint density at radius 3 is 1.83 bits per heavy atom. The van der Waals surface area contributed by atoms with Crippen LogP contribution in [0.3, 0.4) is 0 Å². The van der Waals surface area contributed by atoms with Crippen molar-refractivity contribution in [3.8, 4) is 17.2 Å². The molecule has 2 aromatic rings. The second kappa shape index (κ2) is 9.15. The number of rotatable bonds is 4. The van der Waals surface area contributed by atoms with Crippen molar-refractivity contribution in [1.82, 2.24) is 0 Å². The van der Waals surface area contributed by atoms with E-state index in [0.29, 0.717) is 12.0 Å². The molecule has 122 valence electrons. The number of carboxylic acids is 1. The van der Waals surface area contributed by atoms with Crippen LogP contribution in [0.25, 0.3) is 12.2 Å². The highest BCUT2D eigenvalue weighted by Crippen LogP contribution is 2.22. The molecule has 0 radical (unpaired) electrons. The van der Waals surface area contributed by atoms with Gasteiger partial charge in [0.2, 0.25) is 0 Å². The zero-order valence-corrected chi connectivity index (χ0v) is 12.8. The Bertz CT molecular complexity index is 639. The molecule has 0 atom stereocenters. The van der Waals surface area contributed by atoms with Gasteiger partial charge in [0, 0.05) is 12.5 Å². The van der Waals surface area contributed by atoms with Gasteiger partial charge >= 0.3 is 5.97 Å². The van der Waals surface area contributed by atoms with E-state index < -0.39 is 5.97 Å². The van der Waals surface area contributed by atoms with Crippen LogP contribution in [0.4, 0.5) is 0 Å². The van der Waals surface area contributed by atoms with Crippen molar-refractivity contribution in [2.24, 2.45) is 0 Å². The number of carbonyl (C=O) groups is 1. The van der Waals surface area contributed by atoms with Crippen LogP contribution in [-0.2, 0) is 4.79 Å². The highest BCUT2D eigenvalue weighted by molar-refractivity contribution is 5.71. The van der Waals surface area contributed by atoms with Gasteiger partial charge in [-0.1, -0.05) is 31.2 Å². The Labute approximate surface area is 134 Å². The molecule has 5 heteroatoms. The average Bonchev–Trinajstić information content (AvgIpc) is 2.46. The molecule has 0 fully saturated rings. The third kappa shape index (κ3) is 7.57. The molecule has 4 N–H and O–H groups in total. The van der Waals surface area contributed by atoms with E-state index in [9.17, 15) is 15.0 Å². The van der Waals surface area contributed by atoms with Gasteiger partial charge in [0.1, 0.15) is 17.2 Å². The number of benzene rings is 2. The average molecular weight is 316 g/mol. The minimum atomic E-state index is -0.711. The van der Waals surface area contributed by atoms with Crippen LogP contribution in [0.5, 0.6) is 17.2 Å². The molecular formula is C18H20O5. The number of carboxylic acid groups (broad SMARTS) is 1. The van der Waals surface area contributed by atoms with Crippen LogP contribution in [-0.4, -0.2) is 26.4 Å². The van der Waals surface area contributed by atoms with Gasteiger partial charge in [-0.05, 0) is 41.8 Å². The maximum absolute atomic E-state index is 9.60. The summed E-state index contributed by atoms with van der Waals surface area (Å²) in [7, 11) is 0. The minimum absolute atomic E-state index is 0.0235. The Balaban J connectivity index is 0.000000379. The number of aliphatic carboxylic acids is 1. The first-order valence-corrected chi connectivity index (χ1v) is 7.12. The van der Waals surface area contributed by atoms with Crippen molar-refractivity contribution < 1.29 is 25.2 Å². The second-order valence-corrected chi connectivity index (χ2v) is 4.85. The predicted molar refractivity (Wildman–Crippen MR) is 89.4 cm³/mol. The van der Waals surface area contributed by atoms with E-state index in [-0.39, 0.29) is 17.2 Å². The monoisotopic (exact) mass is 316 g/mol. The molecule has 0 unspecified atom stereocenters. The maximum atomic E-state index is 9.60. The Kier molecular flexibility index (Phi) is 7.20. The lowest BCUT2D eigenvalue weighted by Gasteiger charge is -1.98. The normalized spacial score (nSPS) is 10.1. The van der Waals surface area contributed by atoms with E-state index in [1.807, 2.05) is 13.0 Å². The summed E-state index contributed by atoms with van der Waals surface area (Å²) in [5.74, 6) is -0.444. The van der Waals surface area contributed by atoms with Crippen LogP contribution >= 0.6 is 0 Å². The fourth-order valence-electron chi connectivity index (χ4n) is 1.71. The summed E-state index contributed by atoms with van der Waals surface area (Å²) in [5.41, 5.74) is 1.63. The highest BCUT2D eigenvalue weighted by atomic mass is 16.4. The van der Waals surface area contributed by atoms with E-state index in [2.05, 4.69) is 0 Å². The first-order chi connectivity index (χ1) is 10.9. The van der Waals surface area contributed by atoms with Crippen LogP contribution in [0.15, 0.2) is 42.5 Å². The fraction of sp³-hybridized carbons (Fsp3) is 0.167. The highest BCUT2D eigenvalue weighted by Gasteiger charge is 1.96. The quantitative estimate of drug-likeness (QED) is 0.642. The van der Waals surface area contributed by atoms with E-state index in [4.69, 9.17) is 10.2 Å². The first kappa shape index (κ1) is 18.1. The molecule has 0 bridgehead atoms.